The van der Waals surface area contributed by atoms with E-state index in [4.69, 9.17) is 16.6 Å². The number of hydrogen-bond acceptors (Lipinski definition) is 3. The van der Waals surface area contributed by atoms with Gasteiger partial charge in [0, 0.05) is 22.2 Å². The van der Waals surface area contributed by atoms with Gasteiger partial charge in [-0.3, -0.25) is 4.57 Å². The molecule has 5 heteroatoms. The van der Waals surface area contributed by atoms with Gasteiger partial charge in [0.05, 0.1) is 16.6 Å². The van der Waals surface area contributed by atoms with Crippen LogP contribution in [0, 0.1) is 0 Å². The monoisotopic (exact) mass is 382 g/mol. The Labute approximate surface area is 166 Å². The Hall–Kier alpha value is -3.37. The van der Waals surface area contributed by atoms with Gasteiger partial charge in [0.2, 0.25) is 0 Å². The van der Waals surface area contributed by atoms with Gasteiger partial charge in [-0.15, -0.1) is 0 Å². The van der Waals surface area contributed by atoms with E-state index in [0.29, 0.717) is 5.15 Å². The van der Waals surface area contributed by atoms with Crippen LogP contribution in [0.4, 0.5) is 5.69 Å². The van der Waals surface area contributed by atoms with Crippen molar-refractivity contribution in [3.05, 3.63) is 89.6 Å². The zero-order chi connectivity index (χ0) is 18.7. The van der Waals surface area contributed by atoms with Crippen molar-refractivity contribution in [2.24, 2.45) is 0 Å². The lowest BCUT2D eigenvalue weighted by Crippen LogP contribution is -2.25. The first-order valence-electron chi connectivity index (χ1n) is 9.18. The third-order valence-corrected chi connectivity index (χ3v) is 5.62. The Balaban J connectivity index is 1.67. The highest BCUT2D eigenvalue weighted by Gasteiger charge is 2.29. The number of halogens is 1. The molecular weight excluding hydrogens is 368 g/mol. The molecule has 0 radical (unpaired) electrons. The van der Waals surface area contributed by atoms with Gasteiger partial charge in [-0.2, -0.15) is 0 Å². The maximum atomic E-state index is 6.66. The summed E-state index contributed by atoms with van der Waals surface area (Å²) in [5.74, 6) is 0.935. The molecule has 1 N–H and O–H groups in total. The average Bonchev–Trinajstić information content (AvgIpc) is 3.13. The number of anilines is 1. The molecular formula is C23H15ClN4. The van der Waals surface area contributed by atoms with E-state index in [2.05, 4.69) is 45.2 Å². The second-order valence-corrected chi connectivity index (χ2v) is 7.31. The van der Waals surface area contributed by atoms with Gasteiger partial charge in [0.1, 0.15) is 17.1 Å². The summed E-state index contributed by atoms with van der Waals surface area (Å²) in [5.41, 5.74) is 5.97. The highest BCUT2D eigenvalue weighted by molar-refractivity contribution is 6.30. The zero-order valence-electron chi connectivity index (χ0n) is 14.8. The normalized spacial score (nSPS) is 15.2. The molecule has 3 aromatic carbocycles. The van der Waals surface area contributed by atoms with Crippen molar-refractivity contribution in [2.75, 3.05) is 5.32 Å². The summed E-state index contributed by atoms with van der Waals surface area (Å²) in [6.07, 6.45) is -0.193. The Morgan fingerprint density at radius 3 is 2.50 bits per heavy atom. The molecule has 6 rings (SSSR count). The number of nitrogens with zero attached hydrogens (tertiary/aromatic N) is 3. The summed E-state index contributed by atoms with van der Waals surface area (Å²) in [6.45, 7) is 0. The summed E-state index contributed by atoms with van der Waals surface area (Å²) < 4.78 is 2.22. The predicted octanol–water partition coefficient (Wildman–Crippen LogP) is 5.88. The SMILES string of the molecule is Clc1nc2ccccc2cc1C1Nc2ccccc2-c2nc3ccccc3n21. The topological polar surface area (TPSA) is 42.7 Å². The van der Waals surface area contributed by atoms with Crippen LogP contribution in [-0.4, -0.2) is 14.5 Å². The second kappa shape index (κ2) is 5.81. The van der Waals surface area contributed by atoms with Crippen molar-refractivity contribution in [3.63, 3.8) is 0 Å². The molecule has 1 aliphatic heterocycles. The fourth-order valence-electron chi connectivity index (χ4n) is 4.03. The largest absolute Gasteiger partial charge is 0.360 e. The zero-order valence-corrected chi connectivity index (χ0v) is 15.6. The molecule has 1 atom stereocenters. The van der Waals surface area contributed by atoms with Crippen LogP contribution in [-0.2, 0) is 0 Å². The quantitative estimate of drug-likeness (QED) is 0.368. The second-order valence-electron chi connectivity index (χ2n) is 6.95. The molecule has 4 nitrogen and oxygen atoms in total. The number of hydrogen-bond donors (Lipinski definition) is 1. The maximum Gasteiger partial charge on any atom is 0.145 e. The van der Waals surface area contributed by atoms with E-state index >= 15 is 0 Å². The first-order chi connectivity index (χ1) is 13.8. The van der Waals surface area contributed by atoms with Gasteiger partial charge >= 0.3 is 0 Å². The lowest BCUT2D eigenvalue weighted by molar-refractivity contribution is 0.668. The number of para-hydroxylation sites is 4. The molecule has 0 saturated carbocycles. The summed E-state index contributed by atoms with van der Waals surface area (Å²) >= 11 is 6.66. The molecule has 0 aliphatic carbocycles. The molecule has 0 bridgehead atoms. The predicted molar refractivity (Wildman–Crippen MR) is 114 cm³/mol. The van der Waals surface area contributed by atoms with E-state index < -0.39 is 0 Å². The van der Waals surface area contributed by atoms with Gasteiger partial charge < -0.3 is 5.32 Å². The van der Waals surface area contributed by atoms with E-state index in [1.54, 1.807) is 0 Å². The van der Waals surface area contributed by atoms with Crippen LogP contribution in [0.2, 0.25) is 5.15 Å². The van der Waals surface area contributed by atoms with Crippen molar-refractivity contribution in [1.82, 2.24) is 14.5 Å². The van der Waals surface area contributed by atoms with Crippen molar-refractivity contribution in [1.29, 1.82) is 0 Å². The van der Waals surface area contributed by atoms with Gasteiger partial charge in [-0.1, -0.05) is 54.1 Å². The molecule has 0 amide bonds. The number of pyridine rings is 1. The first kappa shape index (κ1) is 15.7. The fraction of sp³-hybridized carbons (Fsp3) is 0.0435. The number of benzene rings is 3. The summed E-state index contributed by atoms with van der Waals surface area (Å²) in [4.78, 5) is 9.56. The van der Waals surface area contributed by atoms with Gasteiger partial charge in [0.25, 0.3) is 0 Å². The number of aromatic nitrogens is 3. The molecule has 5 aromatic rings. The maximum absolute atomic E-state index is 6.66. The molecule has 28 heavy (non-hydrogen) atoms. The minimum atomic E-state index is -0.193. The van der Waals surface area contributed by atoms with Gasteiger partial charge in [-0.25, -0.2) is 9.97 Å². The van der Waals surface area contributed by atoms with E-state index in [9.17, 15) is 0 Å². The van der Waals surface area contributed by atoms with Crippen LogP contribution in [0.3, 0.4) is 0 Å². The lowest BCUT2D eigenvalue weighted by atomic mass is 10.1. The summed E-state index contributed by atoms with van der Waals surface area (Å²) in [7, 11) is 0. The van der Waals surface area contributed by atoms with E-state index in [1.807, 2.05) is 48.5 Å². The average molecular weight is 383 g/mol. The lowest BCUT2D eigenvalue weighted by Gasteiger charge is -2.30. The summed E-state index contributed by atoms with van der Waals surface area (Å²) in [5, 5.41) is 5.21. The highest BCUT2D eigenvalue weighted by atomic mass is 35.5. The molecule has 2 aromatic heterocycles. The number of rotatable bonds is 1. The molecule has 1 unspecified atom stereocenters. The van der Waals surface area contributed by atoms with Crippen molar-refractivity contribution in [2.45, 2.75) is 6.17 Å². The third kappa shape index (κ3) is 2.18. The van der Waals surface area contributed by atoms with Crippen molar-refractivity contribution >= 4 is 39.2 Å². The molecule has 3 heterocycles. The Kier molecular flexibility index (Phi) is 3.25. The van der Waals surface area contributed by atoms with Gasteiger partial charge in [0.15, 0.2) is 0 Å². The van der Waals surface area contributed by atoms with Gasteiger partial charge in [-0.05, 0) is 36.4 Å². The third-order valence-electron chi connectivity index (χ3n) is 5.31. The smallest absolute Gasteiger partial charge is 0.145 e. The summed E-state index contributed by atoms with van der Waals surface area (Å²) in [6, 6.07) is 26.6. The minimum Gasteiger partial charge on any atom is -0.360 e. The highest BCUT2D eigenvalue weighted by Crippen LogP contribution is 2.42. The standard InChI is InChI=1S/C23H15ClN4/c24-21-16(13-14-7-1-3-9-17(14)25-21)23-26-18-10-4-2-8-15(18)22-27-19-11-5-6-12-20(19)28(22)23/h1-13,23,26H. The van der Waals surface area contributed by atoms with Crippen LogP contribution < -0.4 is 5.32 Å². The number of fused-ring (bicyclic) bond motifs is 6. The van der Waals surface area contributed by atoms with E-state index in [0.717, 1.165) is 44.6 Å². The Morgan fingerprint density at radius 1 is 0.821 bits per heavy atom. The van der Waals surface area contributed by atoms with E-state index in [1.165, 1.54) is 0 Å². The molecule has 0 saturated heterocycles. The van der Waals surface area contributed by atoms with Crippen LogP contribution in [0.5, 0.6) is 0 Å². The van der Waals surface area contributed by atoms with Crippen molar-refractivity contribution < 1.29 is 0 Å². The van der Waals surface area contributed by atoms with Crippen molar-refractivity contribution in [3.8, 4) is 11.4 Å². The Morgan fingerprint density at radius 2 is 1.57 bits per heavy atom. The molecule has 1 aliphatic rings. The number of imidazole rings is 1. The minimum absolute atomic E-state index is 0.193. The van der Waals surface area contributed by atoms with Crippen LogP contribution in [0.1, 0.15) is 11.7 Å². The van der Waals surface area contributed by atoms with Crippen LogP contribution >= 0.6 is 11.6 Å². The molecule has 134 valence electrons. The molecule has 0 spiro atoms. The van der Waals surface area contributed by atoms with Crippen LogP contribution in [0.25, 0.3) is 33.3 Å². The fourth-order valence-corrected chi connectivity index (χ4v) is 4.28. The van der Waals surface area contributed by atoms with Crippen LogP contribution in [0.15, 0.2) is 78.9 Å². The number of nitrogens with one attached hydrogen (secondary N) is 1. The van der Waals surface area contributed by atoms with E-state index in [-0.39, 0.29) is 6.17 Å². The Bertz CT molecular complexity index is 1370. The first-order valence-corrected chi connectivity index (χ1v) is 9.55. The molecule has 0 fully saturated rings.